The Labute approximate surface area is 143 Å². The highest BCUT2D eigenvalue weighted by Gasteiger charge is 2.47. The molecule has 1 aliphatic carbocycles. The number of alkyl halides is 3. The van der Waals surface area contributed by atoms with Crippen molar-refractivity contribution < 1.29 is 27.9 Å². The number of carboxylic acids is 1. The third-order valence-corrected chi connectivity index (χ3v) is 4.61. The zero-order chi connectivity index (χ0) is 18.6. The van der Waals surface area contributed by atoms with E-state index in [-0.39, 0.29) is 18.5 Å². The highest BCUT2D eigenvalue weighted by molar-refractivity contribution is 5.87. The van der Waals surface area contributed by atoms with Crippen molar-refractivity contribution >= 4 is 12.0 Å². The van der Waals surface area contributed by atoms with Gasteiger partial charge in [-0.25, -0.2) is 9.59 Å². The van der Waals surface area contributed by atoms with E-state index in [1.165, 1.54) is 19.2 Å². The topological polar surface area (TPSA) is 69.6 Å². The van der Waals surface area contributed by atoms with Gasteiger partial charge in [0.05, 0.1) is 11.5 Å². The molecule has 1 saturated carbocycles. The predicted molar refractivity (Wildman–Crippen MR) is 85.2 cm³/mol. The number of carboxylic acid groups (broad SMARTS) is 1. The molecule has 2 atom stereocenters. The van der Waals surface area contributed by atoms with Crippen LogP contribution >= 0.6 is 0 Å². The number of halogens is 3. The van der Waals surface area contributed by atoms with Gasteiger partial charge < -0.3 is 15.3 Å². The van der Waals surface area contributed by atoms with Crippen molar-refractivity contribution in [2.75, 3.05) is 7.05 Å². The van der Waals surface area contributed by atoms with Gasteiger partial charge in [0.15, 0.2) is 0 Å². The summed E-state index contributed by atoms with van der Waals surface area (Å²) < 4.78 is 39.5. The molecular formula is C17H21F3N2O3. The SMILES string of the molecule is CN(C(=O)NCc1ccc(C(=O)O)cc1)[C@@H]1CCCC[C@@H]1C(F)(F)F. The van der Waals surface area contributed by atoms with E-state index in [1.54, 1.807) is 12.1 Å². The molecular weight excluding hydrogens is 337 g/mol. The average Bonchev–Trinajstić information content (AvgIpc) is 2.58. The van der Waals surface area contributed by atoms with Crippen LogP contribution in [0.25, 0.3) is 0 Å². The quantitative estimate of drug-likeness (QED) is 0.863. The minimum absolute atomic E-state index is 0.0441. The number of nitrogens with one attached hydrogen (secondary N) is 1. The highest BCUT2D eigenvalue weighted by atomic mass is 19.4. The summed E-state index contributed by atoms with van der Waals surface area (Å²) in [6.07, 6.45) is -2.74. The van der Waals surface area contributed by atoms with E-state index in [0.717, 1.165) is 4.90 Å². The monoisotopic (exact) mass is 358 g/mol. The van der Waals surface area contributed by atoms with Gasteiger partial charge in [-0.05, 0) is 30.5 Å². The Balaban J connectivity index is 1.96. The fourth-order valence-corrected chi connectivity index (χ4v) is 3.17. The van der Waals surface area contributed by atoms with Gasteiger partial charge in [-0.2, -0.15) is 13.2 Å². The molecule has 0 aliphatic heterocycles. The number of urea groups is 1. The van der Waals surface area contributed by atoms with E-state index in [2.05, 4.69) is 5.32 Å². The summed E-state index contributed by atoms with van der Waals surface area (Å²) in [5.74, 6) is -2.54. The Bertz CT molecular complexity index is 617. The van der Waals surface area contributed by atoms with Gasteiger partial charge in [0.1, 0.15) is 0 Å². The minimum Gasteiger partial charge on any atom is -0.478 e. The van der Waals surface area contributed by atoms with Crippen molar-refractivity contribution in [3.8, 4) is 0 Å². The van der Waals surface area contributed by atoms with Crippen molar-refractivity contribution in [2.45, 2.75) is 44.4 Å². The number of hydrogen-bond acceptors (Lipinski definition) is 2. The van der Waals surface area contributed by atoms with Crippen LogP contribution < -0.4 is 5.32 Å². The fraction of sp³-hybridized carbons (Fsp3) is 0.529. The zero-order valence-corrected chi connectivity index (χ0v) is 13.8. The summed E-state index contributed by atoms with van der Waals surface area (Å²) in [7, 11) is 1.39. The standard InChI is InChI=1S/C17H21F3N2O3/c1-22(14-5-3-2-4-13(14)17(18,19)20)16(25)21-10-11-6-8-12(9-7-11)15(23)24/h6-9,13-14H,2-5,10H2,1H3,(H,21,25)(H,23,24)/t13-,14+/m0/s1. The lowest BCUT2D eigenvalue weighted by Gasteiger charge is -2.38. The van der Waals surface area contributed by atoms with Crippen LogP contribution in [-0.2, 0) is 6.54 Å². The molecule has 0 radical (unpaired) electrons. The molecule has 0 aromatic heterocycles. The van der Waals surface area contributed by atoms with Gasteiger partial charge in [0.25, 0.3) is 0 Å². The number of hydrogen-bond donors (Lipinski definition) is 2. The molecule has 138 valence electrons. The van der Waals surface area contributed by atoms with Gasteiger partial charge in [0.2, 0.25) is 0 Å². The normalized spacial score (nSPS) is 20.8. The summed E-state index contributed by atoms with van der Waals surface area (Å²) >= 11 is 0. The molecule has 0 unspecified atom stereocenters. The molecule has 5 nitrogen and oxygen atoms in total. The first-order valence-electron chi connectivity index (χ1n) is 8.09. The predicted octanol–water partition coefficient (Wildman–Crippen LogP) is 3.65. The summed E-state index contributed by atoms with van der Waals surface area (Å²) in [6.45, 7) is 0.118. The lowest BCUT2D eigenvalue weighted by Crippen LogP contribution is -2.51. The number of rotatable bonds is 4. The highest BCUT2D eigenvalue weighted by Crippen LogP contribution is 2.39. The lowest BCUT2D eigenvalue weighted by molar-refractivity contribution is -0.195. The van der Waals surface area contributed by atoms with Crippen LogP contribution in [0.3, 0.4) is 0 Å². The van der Waals surface area contributed by atoms with Gasteiger partial charge in [-0.3, -0.25) is 0 Å². The van der Waals surface area contributed by atoms with Crippen molar-refractivity contribution in [3.05, 3.63) is 35.4 Å². The number of nitrogens with zero attached hydrogens (tertiary/aromatic N) is 1. The first kappa shape index (κ1) is 19.1. The van der Waals surface area contributed by atoms with Crippen molar-refractivity contribution in [2.24, 2.45) is 5.92 Å². The van der Waals surface area contributed by atoms with Crippen molar-refractivity contribution in [1.29, 1.82) is 0 Å². The van der Waals surface area contributed by atoms with Crippen LogP contribution in [0.4, 0.5) is 18.0 Å². The molecule has 0 spiro atoms. The van der Waals surface area contributed by atoms with E-state index in [4.69, 9.17) is 5.11 Å². The molecule has 1 aliphatic rings. The maximum atomic E-state index is 13.2. The second-order valence-electron chi connectivity index (χ2n) is 6.27. The molecule has 1 aromatic carbocycles. The zero-order valence-electron chi connectivity index (χ0n) is 13.8. The Kier molecular flexibility index (Phi) is 5.92. The molecule has 8 heteroatoms. The van der Waals surface area contributed by atoms with E-state index in [0.29, 0.717) is 24.8 Å². The van der Waals surface area contributed by atoms with Crippen LogP contribution in [0.5, 0.6) is 0 Å². The second-order valence-corrected chi connectivity index (χ2v) is 6.27. The van der Waals surface area contributed by atoms with E-state index in [1.807, 2.05) is 0 Å². The van der Waals surface area contributed by atoms with Crippen LogP contribution in [-0.4, -0.2) is 41.3 Å². The molecule has 2 rings (SSSR count). The summed E-state index contributed by atoms with van der Waals surface area (Å²) in [5, 5.41) is 11.4. The number of carbonyl (C=O) groups excluding carboxylic acids is 1. The van der Waals surface area contributed by atoms with Crippen LogP contribution in [0.1, 0.15) is 41.6 Å². The summed E-state index contributed by atoms with van der Waals surface area (Å²) in [5.41, 5.74) is 0.796. The average molecular weight is 358 g/mol. The van der Waals surface area contributed by atoms with Crippen molar-refractivity contribution in [3.63, 3.8) is 0 Å². The summed E-state index contributed by atoms with van der Waals surface area (Å²) in [6, 6.07) is 4.51. The number of amides is 2. The minimum atomic E-state index is -4.31. The van der Waals surface area contributed by atoms with E-state index in [9.17, 15) is 22.8 Å². The van der Waals surface area contributed by atoms with Gasteiger partial charge in [0, 0.05) is 19.6 Å². The van der Waals surface area contributed by atoms with Gasteiger partial charge in [-0.15, -0.1) is 0 Å². The molecule has 1 fully saturated rings. The molecule has 2 amide bonds. The third-order valence-electron chi connectivity index (χ3n) is 4.61. The molecule has 2 N–H and O–H groups in total. The lowest BCUT2D eigenvalue weighted by atomic mass is 9.83. The Morgan fingerprint density at radius 2 is 1.80 bits per heavy atom. The fourth-order valence-electron chi connectivity index (χ4n) is 3.17. The molecule has 1 aromatic rings. The molecule has 0 saturated heterocycles. The van der Waals surface area contributed by atoms with Crippen LogP contribution in [0, 0.1) is 5.92 Å². The van der Waals surface area contributed by atoms with Crippen LogP contribution in [0.15, 0.2) is 24.3 Å². The second kappa shape index (κ2) is 7.76. The van der Waals surface area contributed by atoms with Crippen molar-refractivity contribution in [1.82, 2.24) is 10.2 Å². The smallest absolute Gasteiger partial charge is 0.393 e. The van der Waals surface area contributed by atoms with E-state index >= 15 is 0 Å². The van der Waals surface area contributed by atoms with E-state index < -0.39 is 30.1 Å². The number of carbonyl (C=O) groups is 2. The molecule has 25 heavy (non-hydrogen) atoms. The van der Waals surface area contributed by atoms with Crippen LogP contribution in [0.2, 0.25) is 0 Å². The Morgan fingerprint density at radius 1 is 1.20 bits per heavy atom. The first-order chi connectivity index (χ1) is 11.7. The first-order valence-corrected chi connectivity index (χ1v) is 8.09. The molecule has 0 heterocycles. The van der Waals surface area contributed by atoms with Gasteiger partial charge >= 0.3 is 18.2 Å². The Hall–Kier alpha value is -2.25. The third kappa shape index (κ3) is 4.87. The maximum absolute atomic E-state index is 13.2. The largest absolute Gasteiger partial charge is 0.478 e. The maximum Gasteiger partial charge on any atom is 0.393 e. The number of aromatic carboxylic acids is 1. The number of benzene rings is 1. The summed E-state index contributed by atoms with van der Waals surface area (Å²) in [4.78, 5) is 24.1. The molecule has 0 bridgehead atoms. The van der Waals surface area contributed by atoms with Gasteiger partial charge in [-0.1, -0.05) is 25.0 Å². The Morgan fingerprint density at radius 3 is 2.36 bits per heavy atom.